The van der Waals surface area contributed by atoms with Gasteiger partial charge in [-0.2, -0.15) is 0 Å². The van der Waals surface area contributed by atoms with Crippen LogP contribution in [0.15, 0.2) is 0 Å². The van der Waals surface area contributed by atoms with Crippen molar-refractivity contribution in [2.24, 2.45) is 23.7 Å². The summed E-state index contributed by atoms with van der Waals surface area (Å²) in [5.41, 5.74) is 0. The van der Waals surface area contributed by atoms with E-state index in [0.29, 0.717) is 5.38 Å². The van der Waals surface area contributed by atoms with Gasteiger partial charge in [-0.15, -0.1) is 11.6 Å². The lowest BCUT2D eigenvalue weighted by Crippen LogP contribution is -2.26. The molecule has 1 aliphatic rings. The first-order valence-corrected chi connectivity index (χ1v) is 6.58. The summed E-state index contributed by atoms with van der Waals surface area (Å²) in [5.74, 6) is 3.61. The predicted molar refractivity (Wildman–Crippen MR) is 64.8 cm³/mol. The van der Waals surface area contributed by atoms with Crippen LogP contribution in [0.5, 0.6) is 0 Å². The van der Waals surface area contributed by atoms with Gasteiger partial charge in [0.15, 0.2) is 0 Å². The zero-order valence-corrected chi connectivity index (χ0v) is 10.8. The number of alkyl halides is 1. The molecule has 1 heteroatoms. The maximum Gasteiger partial charge on any atom is 0.0310 e. The Hall–Kier alpha value is 0.290. The molecule has 1 aliphatic carbocycles. The first-order chi connectivity index (χ1) is 6.50. The number of hydrogen-bond donors (Lipinski definition) is 0. The highest BCUT2D eigenvalue weighted by atomic mass is 35.5. The zero-order valence-electron chi connectivity index (χ0n) is 10.1. The molecule has 0 nitrogen and oxygen atoms in total. The van der Waals surface area contributed by atoms with Crippen LogP contribution in [-0.4, -0.2) is 5.38 Å². The minimum absolute atomic E-state index is 0.347. The second-order valence-corrected chi connectivity index (χ2v) is 6.27. The fraction of sp³-hybridized carbons (Fsp3) is 1.00. The van der Waals surface area contributed by atoms with Gasteiger partial charge >= 0.3 is 0 Å². The molecule has 0 aromatic heterocycles. The molecule has 0 aromatic carbocycles. The van der Waals surface area contributed by atoms with Crippen LogP contribution in [0.2, 0.25) is 0 Å². The van der Waals surface area contributed by atoms with Gasteiger partial charge in [0.25, 0.3) is 0 Å². The molecule has 0 N–H and O–H groups in total. The second kappa shape index (κ2) is 5.39. The molecule has 14 heavy (non-hydrogen) atoms. The van der Waals surface area contributed by atoms with E-state index in [1.165, 1.54) is 25.7 Å². The number of hydrogen-bond acceptors (Lipinski definition) is 0. The molecular formula is C13H25Cl. The van der Waals surface area contributed by atoms with Gasteiger partial charge in [-0.05, 0) is 49.9 Å². The van der Waals surface area contributed by atoms with Crippen molar-refractivity contribution in [3.05, 3.63) is 0 Å². The third kappa shape index (κ3) is 3.46. The lowest BCUT2D eigenvalue weighted by molar-refractivity contribution is 0.159. The summed E-state index contributed by atoms with van der Waals surface area (Å²) in [6.07, 6.45) is 5.46. The molecule has 5 atom stereocenters. The summed E-state index contributed by atoms with van der Waals surface area (Å²) < 4.78 is 0. The molecule has 1 saturated carbocycles. The van der Waals surface area contributed by atoms with Gasteiger partial charge in [0, 0.05) is 5.38 Å². The highest BCUT2D eigenvalue weighted by molar-refractivity contribution is 6.20. The summed E-state index contributed by atoms with van der Waals surface area (Å²) in [4.78, 5) is 0. The van der Waals surface area contributed by atoms with Crippen molar-refractivity contribution >= 4 is 11.6 Å². The molecule has 84 valence electrons. The van der Waals surface area contributed by atoms with Crippen molar-refractivity contribution < 1.29 is 0 Å². The van der Waals surface area contributed by atoms with Gasteiger partial charge in [0.05, 0.1) is 0 Å². The predicted octanol–water partition coefficient (Wildman–Crippen LogP) is 4.71. The topological polar surface area (TPSA) is 0 Å². The van der Waals surface area contributed by atoms with Crippen molar-refractivity contribution in [1.29, 1.82) is 0 Å². The highest BCUT2D eigenvalue weighted by Crippen LogP contribution is 2.38. The first-order valence-electron chi connectivity index (χ1n) is 6.14. The van der Waals surface area contributed by atoms with Crippen molar-refractivity contribution in [3.8, 4) is 0 Å². The van der Waals surface area contributed by atoms with Crippen LogP contribution in [0.25, 0.3) is 0 Å². The smallest absolute Gasteiger partial charge is 0.0310 e. The Labute approximate surface area is 94.4 Å². The molecule has 5 unspecified atom stereocenters. The van der Waals surface area contributed by atoms with Crippen molar-refractivity contribution in [1.82, 2.24) is 0 Å². The minimum atomic E-state index is 0.347. The maximum atomic E-state index is 6.06. The van der Waals surface area contributed by atoms with E-state index < -0.39 is 0 Å². The Balaban J connectivity index is 2.38. The standard InChI is InChI=1S/C13H25Cl/c1-9-5-6-13(8-10(9)2)11(3)7-12(4)14/h9-13H,5-8H2,1-4H3. The fourth-order valence-electron chi connectivity index (χ4n) is 2.81. The molecule has 0 aliphatic heterocycles. The van der Waals surface area contributed by atoms with Gasteiger partial charge in [0.2, 0.25) is 0 Å². The lowest BCUT2D eigenvalue weighted by Gasteiger charge is -2.35. The highest BCUT2D eigenvalue weighted by Gasteiger charge is 2.28. The third-order valence-corrected chi connectivity index (χ3v) is 4.32. The molecule has 1 rings (SSSR count). The maximum absolute atomic E-state index is 6.06. The first kappa shape index (κ1) is 12.4. The molecule has 1 fully saturated rings. The minimum Gasteiger partial charge on any atom is -0.123 e. The Bertz CT molecular complexity index is 165. The average molecular weight is 217 g/mol. The van der Waals surface area contributed by atoms with E-state index in [9.17, 15) is 0 Å². The number of rotatable bonds is 3. The van der Waals surface area contributed by atoms with Crippen LogP contribution in [0, 0.1) is 23.7 Å². The lowest BCUT2D eigenvalue weighted by atomic mass is 9.71. The van der Waals surface area contributed by atoms with Crippen molar-refractivity contribution in [2.75, 3.05) is 0 Å². The quantitative estimate of drug-likeness (QED) is 0.600. The monoisotopic (exact) mass is 216 g/mol. The molecule has 0 spiro atoms. The summed E-state index contributed by atoms with van der Waals surface area (Å²) >= 11 is 6.06. The van der Waals surface area contributed by atoms with E-state index in [-0.39, 0.29) is 0 Å². The van der Waals surface area contributed by atoms with E-state index in [1.54, 1.807) is 0 Å². The van der Waals surface area contributed by atoms with Gasteiger partial charge < -0.3 is 0 Å². The van der Waals surface area contributed by atoms with E-state index >= 15 is 0 Å². The van der Waals surface area contributed by atoms with E-state index in [1.807, 2.05) is 0 Å². The van der Waals surface area contributed by atoms with E-state index in [2.05, 4.69) is 27.7 Å². The average Bonchev–Trinajstić information content (AvgIpc) is 2.08. The molecule has 0 heterocycles. The van der Waals surface area contributed by atoms with Gasteiger partial charge in [-0.1, -0.05) is 27.2 Å². The molecule has 0 aromatic rings. The Kier molecular flexibility index (Phi) is 4.76. The second-order valence-electron chi connectivity index (χ2n) is 5.52. The van der Waals surface area contributed by atoms with Crippen LogP contribution in [0.1, 0.15) is 53.4 Å². The van der Waals surface area contributed by atoms with Crippen LogP contribution >= 0.6 is 11.6 Å². The summed E-state index contributed by atoms with van der Waals surface area (Å²) in [6.45, 7) is 9.31. The molecule has 0 saturated heterocycles. The summed E-state index contributed by atoms with van der Waals surface area (Å²) in [5, 5.41) is 0.347. The Morgan fingerprint density at radius 1 is 1.14 bits per heavy atom. The largest absolute Gasteiger partial charge is 0.123 e. The van der Waals surface area contributed by atoms with Gasteiger partial charge in [-0.25, -0.2) is 0 Å². The van der Waals surface area contributed by atoms with Gasteiger partial charge in [0.1, 0.15) is 0 Å². The van der Waals surface area contributed by atoms with Crippen LogP contribution < -0.4 is 0 Å². The van der Waals surface area contributed by atoms with E-state index in [4.69, 9.17) is 11.6 Å². The SMILES string of the molecule is CC(Cl)CC(C)C1CCC(C)C(C)C1. The molecular weight excluding hydrogens is 192 g/mol. The summed E-state index contributed by atoms with van der Waals surface area (Å²) in [7, 11) is 0. The van der Waals surface area contributed by atoms with Crippen molar-refractivity contribution in [3.63, 3.8) is 0 Å². The normalized spacial score (nSPS) is 37.9. The van der Waals surface area contributed by atoms with Crippen LogP contribution in [0.4, 0.5) is 0 Å². The zero-order chi connectivity index (χ0) is 10.7. The third-order valence-electron chi connectivity index (χ3n) is 4.14. The van der Waals surface area contributed by atoms with Crippen LogP contribution in [-0.2, 0) is 0 Å². The molecule has 0 radical (unpaired) electrons. The van der Waals surface area contributed by atoms with E-state index in [0.717, 1.165) is 23.7 Å². The Morgan fingerprint density at radius 2 is 1.79 bits per heavy atom. The number of halogens is 1. The fourth-order valence-corrected chi connectivity index (χ4v) is 3.09. The summed E-state index contributed by atoms with van der Waals surface area (Å²) in [6, 6.07) is 0. The molecule has 0 amide bonds. The molecule has 0 bridgehead atoms. The van der Waals surface area contributed by atoms with Gasteiger partial charge in [-0.3, -0.25) is 0 Å². The van der Waals surface area contributed by atoms with Crippen LogP contribution in [0.3, 0.4) is 0 Å². The Morgan fingerprint density at radius 3 is 2.29 bits per heavy atom. The van der Waals surface area contributed by atoms with Crippen molar-refractivity contribution in [2.45, 2.75) is 58.8 Å².